The van der Waals surface area contributed by atoms with Crippen LogP contribution in [0.1, 0.15) is 72.1 Å². The largest absolute Gasteiger partial charge is 0.429 e. The van der Waals surface area contributed by atoms with Crippen LogP contribution in [0.3, 0.4) is 0 Å². The van der Waals surface area contributed by atoms with Crippen LogP contribution in [0.4, 0.5) is 0 Å². The number of allylic oxidation sites excluding steroid dienone is 2. The number of rotatable bonds is 5. The van der Waals surface area contributed by atoms with Crippen molar-refractivity contribution in [2.45, 2.75) is 72.1 Å². The van der Waals surface area contributed by atoms with Crippen LogP contribution >= 0.6 is 0 Å². The molecule has 6 atom stereocenters. The van der Waals surface area contributed by atoms with E-state index >= 15 is 0 Å². The van der Waals surface area contributed by atoms with Crippen molar-refractivity contribution in [3.05, 3.63) is 11.5 Å². The average Bonchev–Trinajstić information content (AvgIpc) is 2.98. The fourth-order valence-corrected chi connectivity index (χ4v) is 7.33. The van der Waals surface area contributed by atoms with E-state index in [2.05, 4.69) is 19.3 Å². The van der Waals surface area contributed by atoms with E-state index in [4.69, 9.17) is 15.3 Å². The zero-order valence-corrected chi connectivity index (χ0v) is 18.1. The van der Waals surface area contributed by atoms with Gasteiger partial charge in [0, 0.05) is 31.2 Å². The van der Waals surface area contributed by atoms with Crippen LogP contribution in [0.5, 0.6) is 0 Å². The third-order valence-corrected chi connectivity index (χ3v) is 8.77. The van der Waals surface area contributed by atoms with Gasteiger partial charge in [-0.25, -0.2) is 0 Å². The molecule has 4 rings (SSSR count). The smallest absolute Gasteiger partial charge is 0.307 e. The van der Waals surface area contributed by atoms with Gasteiger partial charge in [0.2, 0.25) is 0 Å². The van der Waals surface area contributed by atoms with E-state index in [9.17, 15) is 9.59 Å². The summed E-state index contributed by atoms with van der Waals surface area (Å²) < 4.78 is 5.79. The maximum absolute atomic E-state index is 12.6. The van der Waals surface area contributed by atoms with Gasteiger partial charge >= 0.3 is 5.97 Å². The van der Waals surface area contributed by atoms with Gasteiger partial charge in [0.05, 0.1) is 12.3 Å². The van der Waals surface area contributed by atoms with Crippen LogP contribution in [0, 0.1) is 34.5 Å². The molecule has 0 aliphatic heterocycles. The van der Waals surface area contributed by atoms with Gasteiger partial charge in [-0.1, -0.05) is 13.8 Å². The third-order valence-electron chi connectivity index (χ3n) is 8.77. The van der Waals surface area contributed by atoms with Gasteiger partial charge in [0.1, 0.15) is 11.5 Å². The maximum Gasteiger partial charge on any atom is 0.307 e. The summed E-state index contributed by atoms with van der Waals surface area (Å²) in [7, 11) is 0. The molecule has 29 heavy (non-hydrogen) atoms. The number of nitrogens with two attached hydrogens (primary N) is 1. The van der Waals surface area contributed by atoms with Gasteiger partial charge in [-0.05, 0) is 68.1 Å². The molecular formula is C23H36N2O4. The number of ether oxygens (including phenoxy) is 1. The van der Waals surface area contributed by atoms with E-state index < -0.39 is 0 Å². The molecular weight excluding hydrogens is 368 g/mol. The van der Waals surface area contributed by atoms with E-state index in [1.165, 1.54) is 6.92 Å². The molecule has 0 saturated heterocycles. The SMILES string of the molecule is CC(=O)OC1=C(NOCCN)CC[C@@]2(C)C1CC[C@@H]1[C@@H]2CC[C@]2(C)C(=O)CC[C@@H]12. The third kappa shape index (κ3) is 3.32. The van der Waals surface area contributed by atoms with Crippen LogP contribution in [-0.2, 0) is 19.2 Å². The minimum atomic E-state index is -0.276. The molecule has 0 bridgehead atoms. The second-order valence-corrected chi connectivity index (χ2v) is 10.1. The molecule has 0 aromatic rings. The van der Waals surface area contributed by atoms with E-state index in [1.54, 1.807) is 0 Å². The van der Waals surface area contributed by atoms with Gasteiger partial charge in [0.15, 0.2) is 0 Å². The topological polar surface area (TPSA) is 90.7 Å². The highest BCUT2D eigenvalue weighted by atomic mass is 16.6. The van der Waals surface area contributed by atoms with Crippen LogP contribution in [-0.4, -0.2) is 24.9 Å². The Morgan fingerprint density at radius 1 is 1.14 bits per heavy atom. The maximum atomic E-state index is 12.6. The summed E-state index contributed by atoms with van der Waals surface area (Å²) in [6.07, 6.45) is 7.91. The Labute approximate surface area is 173 Å². The number of Topliss-reactive ketones (excluding diaryl/α,β-unsaturated/α-hetero) is 1. The van der Waals surface area contributed by atoms with Crippen molar-refractivity contribution in [3.63, 3.8) is 0 Å². The van der Waals surface area contributed by atoms with Gasteiger partial charge in [-0.2, -0.15) is 0 Å². The summed E-state index contributed by atoms with van der Waals surface area (Å²) in [5.41, 5.74) is 9.45. The number of hydroxylamine groups is 1. The van der Waals surface area contributed by atoms with E-state index in [-0.39, 0.29) is 22.7 Å². The Morgan fingerprint density at radius 3 is 2.66 bits per heavy atom. The average molecular weight is 405 g/mol. The summed E-state index contributed by atoms with van der Waals surface area (Å²) in [5, 5.41) is 0. The Hall–Kier alpha value is -1.40. The standard InChI is InChI=1S/C23H36N2O4/c1-14(26)29-21-18-5-4-15-16-6-7-20(27)23(16,3)10-8-17(15)22(18,2)11-9-19(21)25-28-13-12-24/h15-18,25H,4-13,24H2,1-3H3/t15-,16-,17-,18?,22+,23-/m0/s1. The molecule has 1 unspecified atom stereocenters. The van der Waals surface area contributed by atoms with Crippen LogP contribution in [0.2, 0.25) is 0 Å². The molecule has 3 saturated carbocycles. The number of carbonyl (C=O) groups excluding carboxylic acids is 2. The van der Waals surface area contributed by atoms with Gasteiger partial charge in [0.25, 0.3) is 0 Å². The molecule has 4 aliphatic carbocycles. The Kier molecular flexibility index (Phi) is 5.53. The number of fused-ring (bicyclic) bond motifs is 5. The summed E-state index contributed by atoms with van der Waals surface area (Å²) in [6, 6.07) is 0. The molecule has 6 heteroatoms. The van der Waals surface area contributed by atoms with Crippen LogP contribution in [0.15, 0.2) is 11.5 Å². The second-order valence-electron chi connectivity index (χ2n) is 10.1. The summed E-state index contributed by atoms with van der Waals surface area (Å²) in [4.78, 5) is 30.0. The molecule has 6 nitrogen and oxygen atoms in total. The minimum absolute atomic E-state index is 0.0969. The zero-order valence-electron chi connectivity index (χ0n) is 18.1. The monoisotopic (exact) mass is 404 g/mol. The molecule has 4 aliphatic rings. The van der Waals surface area contributed by atoms with Crippen LogP contribution < -0.4 is 11.2 Å². The van der Waals surface area contributed by atoms with Crippen LogP contribution in [0.25, 0.3) is 0 Å². The number of carbonyl (C=O) groups is 2. The predicted molar refractivity (Wildman–Crippen MR) is 109 cm³/mol. The summed E-state index contributed by atoms with van der Waals surface area (Å²) in [6.45, 7) is 6.94. The fourth-order valence-electron chi connectivity index (χ4n) is 7.33. The lowest BCUT2D eigenvalue weighted by molar-refractivity contribution is -0.146. The van der Waals surface area contributed by atoms with Gasteiger partial charge < -0.3 is 10.5 Å². The first-order valence-corrected chi connectivity index (χ1v) is 11.3. The summed E-state index contributed by atoms with van der Waals surface area (Å²) >= 11 is 0. The van der Waals surface area contributed by atoms with Crippen molar-refractivity contribution in [2.75, 3.05) is 13.2 Å². The lowest BCUT2D eigenvalue weighted by atomic mass is 9.46. The van der Waals surface area contributed by atoms with Gasteiger partial charge in [-0.3, -0.25) is 19.9 Å². The molecule has 0 aromatic heterocycles. The lowest BCUT2D eigenvalue weighted by Crippen LogP contribution is -2.54. The fraction of sp³-hybridized carbons (Fsp3) is 0.826. The Morgan fingerprint density at radius 2 is 1.93 bits per heavy atom. The number of nitrogens with one attached hydrogen (secondary N) is 1. The molecule has 3 N–H and O–H groups in total. The first-order valence-electron chi connectivity index (χ1n) is 11.3. The van der Waals surface area contributed by atoms with Crippen molar-refractivity contribution in [3.8, 4) is 0 Å². The normalized spacial score (nSPS) is 41.4. The Bertz CT molecular complexity index is 720. The number of esters is 1. The van der Waals surface area contributed by atoms with Crippen molar-refractivity contribution < 1.29 is 19.2 Å². The number of ketones is 1. The molecule has 0 heterocycles. The molecule has 0 spiro atoms. The van der Waals surface area contributed by atoms with E-state index in [1.807, 2.05) is 0 Å². The predicted octanol–water partition coefficient (Wildman–Crippen LogP) is 3.46. The number of hydrogen-bond acceptors (Lipinski definition) is 6. The van der Waals surface area contributed by atoms with E-state index in [0.717, 1.165) is 62.8 Å². The van der Waals surface area contributed by atoms with Crippen molar-refractivity contribution in [1.29, 1.82) is 0 Å². The van der Waals surface area contributed by atoms with Crippen molar-refractivity contribution >= 4 is 11.8 Å². The highest BCUT2D eigenvalue weighted by molar-refractivity contribution is 5.87. The minimum Gasteiger partial charge on any atom is -0.429 e. The Balaban J connectivity index is 1.62. The lowest BCUT2D eigenvalue weighted by Gasteiger charge is -2.59. The highest BCUT2D eigenvalue weighted by Crippen LogP contribution is 2.66. The quantitative estimate of drug-likeness (QED) is 0.414. The molecule has 162 valence electrons. The molecule has 0 aromatic carbocycles. The van der Waals surface area contributed by atoms with Crippen molar-refractivity contribution in [2.24, 2.45) is 40.2 Å². The van der Waals surface area contributed by atoms with Gasteiger partial charge in [-0.15, -0.1) is 0 Å². The van der Waals surface area contributed by atoms with Crippen molar-refractivity contribution in [1.82, 2.24) is 5.48 Å². The first-order chi connectivity index (χ1) is 13.8. The molecule has 3 fully saturated rings. The number of hydrogen-bond donors (Lipinski definition) is 2. The zero-order chi connectivity index (χ0) is 20.8. The second kappa shape index (κ2) is 7.69. The highest BCUT2D eigenvalue weighted by Gasteiger charge is 2.61. The van der Waals surface area contributed by atoms with E-state index in [0.29, 0.717) is 36.7 Å². The molecule has 0 radical (unpaired) electrons. The summed E-state index contributed by atoms with van der Waals surface area (Å²) in [5.74, 6) is 2.93. The first kappa shape index (κ1) is 20.9. The molecule has 0 amide bonds.